The third kappa shape index (κ3) is 2.39. The van der Waals surface area contributed by atoms with Crippen molar-refractivity contribution < 1.29 is 14.8 Å². The van der Waals surface area contributed by atoms with Crippen LogP contribution in [0.4, 0.5) is 17.1 Å². The molecule has 0 bridgehead atoms. The fourth-order valence-electron chi connectivity index (χ4n) is 2.82. The van der Waals surface area contributed by atoms with Crippen LogP contribution in [0.15, 0.2) is 42.5 Å². The molecule has 1 aliphatic rings. The van der Waals surface area contributed by atoms with Gasteiger partial charge in [0.1, 0.15) is 5.56 Å². The zero-order chi connectivity index (χ0) is 15.7. The summed E-state index contributed by atoms with van der Waals surface area (Å²) in [5, 5.41) is 20.2. The first-order chi connectivity index (χ1) is 10.6. The highest BCUT2D eigenvalue weighted by Gasteiger charge is 2.24. The highest BCUT2D eigenvalue weighted by atomic mass is 16.6. The topological polar surface area (TPSA) is 83.7 Å². The fraction of sp³-hybridized carbons (Fsp3) is 0.188. The molecule has 0 atom stereocenters. The van der Waals surface area contributed by atoms with Crippen LogP contribution < -0.4 is 4.90 Å². The van der Waals surface area contributed by atoms with E-state index in [0.717, 1.165) is 25.1 Å². The molecule has 0 aromatic heterocycles. The first kappa shape index (κ1) is 14.1. The van der Waals surface area contributed by atoms with E-state index in [1.54, 1.807) is 6.07 Å². The number of rotatable bonds is 3. The number of hydrogen-bond donors (Lipinski definition) is 1. The van der Waals surface area contributed by atoms with Crippen molar-refractivity contribution >= 4 is 23.0 Å². The fourth-order valence-corrected chi connectivity index (χ4v) is 2.82. The second kappa shape index (κ2) is 5.48. The molecular formula is C16H14N2O4. The number of fused-ring (bicyclic) bond motifs is 1. The third-order valence-electron chi connectivity index (χ3n) is 3.83. The highest BCUT2D eigenvalue weighted by Crippen LogP contribution is 2.35. The maximum absolute atomic E-state index is 11.3. The van der Waals surface area contributed by atoms with E-state index < -0.39 is 10.9 Å². The molecule has 6 heteroatoms. The molecule has 0 radical (unpaired) electrons. The van der Waals surface area contributed by atoms with Gasteiger partial charge in [-0.2, -0.15) is 0 Å². The molecule has 0 spiro atoms. The lowest BCUT2D eigenvalue weighted by Gasteiger charge is -2.31. The Balaban J connectivity index is 2.09. The number of nitro benzene ring substituents is 1. The van der Waals surface area contributed by atoms with Gasteiger partial charge in [-0.1, -0.05) is 18.2 Å². The van der Waals surface area contributed by atoms with Crippen LogP contribution in [0.25, 0.3) is 0 Å². The maximum atomic E-state index is 11.3. The van der Waals surface area contributed by atoms with Gasteiger partial charge in [0, 0.05) is 24.0 Å². The Morgan fingerprint density at radius 1 is 1.23 bits per heavy atom. The van der Waals surface area contributed by atoms with E-state index in [9.17, 15) is 20.0 Å². The van der Waals surface area contributed by atoms with Crippen LogP contribution in [-0.4, -0.2) is 22.5 Å². The first-order valence-corrected chi connectivity index (χ1v) is 6.95. The summed E-state index contributed by atoms with van der Waals surface area (Å²) >= 11 is 0. The van der Waals surface area contributed by atoms with Crippen LogP contribution in [-0.2, 0) is 6.42 Å². The van der Waals surface area contributed by atoms with E-state index in [1.165, 1.54) is 17.7 Å². The number of nitrogens with zero attached hydrogens (tertiary/aromatic N) is 2. The van der Waals surface area contributed by atoms with Crippen molar-refractivity contribution in [3.63, 3.8) is 0 Å². The summed E-state index contributed by atoms with van der Waals surface area (Å²) in [6, 6.07) is 12.2. The van der Waals surface area contributed by atoms with Crippen molar-refractivity contribution in [1.29, 1.82) is 0 Å². The minimum absolute atomic E-state index is 0.287. The molecule has 0 aliphatic carbocycles. The summed E-state index contributed by atoms with van der Waals surface area (Å²) in [7, 11) is 0. The Labute approximate surface area is 126 Å². The molecule has 6 nitrogen and oxygen atoms in total. The largest absolute Gasteiger partial charge is 0.477 e. The number of carboxylic acids is 1. The molecule has 0 fully saturated rings. The van der Waals surface area contributed by atoms with E-state index >= 15 is 0 Å². The average molecular weight is 298 g/mol. The van der Waals surface area contributed by atoms with Crippen LogP contribution >= 0.6 is 0 Å². The molecule has 1 heterocycles. The van der Waals surface area contributed by atoms with Gasteiger partial charge in [-0.05, 0) is 36.6 Å². The van der Waals surface area contributed by atoms with Crippen molar-refractivity contribution in [2.45, 2.75) is 12.8 Å². The van der Waals surface area contributed by atoms with Crippen LogP contribution in [0.2, 0.25) is 0 Å². The number of carboxylic acid groups (broad SMARTS) is 1. The van der Waals surface area contributed by atoms with Crippen molar-refractivity contribution in [1.82, 2.24) is 0 Å². The predicted octanol–water partition coefficient (Wildman–Crippen LogP) is 3.38. The number of para-hydroxylation sites is 1. The summed E-state index contributed by atoms with van der Waals surface area (Å²) in [6.07, 6.45) is 1.93. The molecule has 0 unspecified atom stereocenters. The van der Waals surface area contributed by atoms with Crippen LogP contribution in [0.1, 0.15) is 22.3 Å². The number of hydrogen-bond acceptors (Lipinski definition) is 4. The Morgan fingerprint density at radius 3 is 2.73 bits per heavy atom. The summed E-state index contributed by atoms with van der Waals surface area (Å²) in [4.78, 5) is 23.6. The molecule has 2 aromatic rings. The minimum Gasteiger partial charge on any atom is -0.477 e. The van der Waals surface area contributed by atoms with Crippen molar-refractivity contribution in [3.8, 4) is 0 Å². The second-order valence-electron chi connectivity index (χ2n) is 5.15. The number of anilines is 2. The monoisotopic (exact) mass is 298 g/mol. The van der Waals surface area contributed by atoms with E-state index in [2.05, 4.69) is 0 Å². The zero-order valence-corrected chi connectivity index (χ0v) is 11.7. The van der Waals surface area contributed by atoms with Crippen molar-refractivity contribution in [3.05, 3.63) is 63.7 Å². The quantitative estimate of drug-likeness (QED) is 0.693. The molecule has 0 amide bonds. The van der Waals surface area contributed by atoms with Crippen molar-refractivity contribution in [2.75, 3.05) is 11.4 Å². The molecule has 1 N–H and O–H groups in total. The van der Waals surface area contributed by atoms with Gasteiger partial charge in [-0.3, -0.25) is 10.1 Å². The van der Waals surface area contributed by atoms with Gasteiger partial charge in [0.25, 0.3) is 5.69 Å². The maximum Gasteiger partial charge on any atom is 0.342 e. The predicted molar refractivity (Wildman–Crippen MR) is 81.8 cm³/mol. The molecule has 0 saturated carbocycles. The van der Waals surface area contributed by atoms with Crippen LogP contribution in [0, 0.1) is 10.1 Å². The zero-order valence-electron chi connectivity index (χ0n) is 11.7. The smallest absolute Gasteiger partial charge is 0.342 e. The van der Waals surface area contributed by atoms with Gasteiger partial charge in [-0.25, -0.2) is 4.79 Å². The average Bonchev–Trinajstić information content (AvgIpc) is 2.53. The molecule has 22 heavy (non-hydrogen) atoms. The molecule has 3 rings (SSSR count). The van der Waals surface area contributed by atoms with Gasteiger partial charge in [-0.15, -0.1) is 0 Å². The van der Waals surface area contributed by atoms with Gasteiger partial charge in [0.15, 0.2) is 0 Å². The Kier molecular flexibility index (Phi) is 3.50. The highest BCUT2D eigenvalue weighted by molar-refractivity contribution is 5.94. The van der Waals surface area contributed by atoms with Crippen LogP contribution in [0.5, 0.6) is 0 Å². The van der Waals surface area contributed by atoms with Gasteiger partial charge < -0.3 is 10.0 Å². The normalized spacial score (nSPS) is 13.5. The number of aromatic carboxylic acids is 1. The summed E-state index contributed by atoms with van der Waals surface area (Å²) in [5.41, 5.74) is 2.21. The standard InChI is InChI=1S/C16H14N2O4/c19-16(20)13-10-12(7-8-15(13)18(21)22)17-9-3-5-11-4-1-2-6-14(11)17/h1-2,4,6-8,10H,3,5,9H2,(H,19,20). The Bertz CT molecular complexity index is 758. The van der Waals surface area contributed by atoms with E-state index in [1.807, 2.05) is 29.2 Å². The Morgan fingerprint density at radius 2 is 2.00 bits per heavy atom. The van der Waals surface area contributed by atoms with Gasteiger partial charge in [0.05, 0.1) is 4.92 Å². The molecule has 0 saturated heterocycles. The third-order valence-corrected chi connectivity index (χ3v) is 3.83. The van der Waals surface area contributed by atoms with E-state index in [-0.39, 0.29) is 11.3 Å². The number of nitro groups is 1. The summed E-state index contributed by atoms with van der Waals surface area (Å²) in [5.74, 6) is -1.29. The summed E-state index contributed by atoms with van der Waals surface area (Å²) < 4.78 is 0. The molecule has 2 aromatic carbocycles. The molecular weight excluding hydrogens is 284 g/mol. The lowest BCUT2D eigenvalue weighted by Crippen LogP contribution is -2.24. The van der Waals surface area contributed by atoms with E-state index in [0.29, 0.717) is 5.69 Å². The molecule has 112 valence electrons. The second-order valence-corrected chi connectivity index (χ2v) is 5.15. The van der Waals surface area contributed by atoms with Crippen molar-refractivity contribution in [2.24, 2.45) is 0 Å². The lowest BCUT2D eigenvalue weighted by molar-refractivity contribution is -0.385. The van der Waals surface area contributed by atoms with Gasteiger partial charge >= 0.3 is 5.97 Å². The minimum atomic E-state index is -1.29. The summed E-state index contributed by atoms with van der Waals surface area (Å²) in [6.45, 7) is 0.758. The van der Waals surface area contributed by atoms with E-state index in [4.69, 9.17) is 0 Å². The van der Waals surface area contributed by atoms with Crippen LogP contribution in [0.3, 0.4) is 0 Å². The number of carbonyl (C=O) groups is 1. The Hall–Kier alpha value is -2.89. The first-order valence-electron chi connectivity index (χ1n) is 6.95. The number of benzene rings is 2. The van der Waals surface area contributed by atoms with Gasteiger partial charge in [0.2, 0.25) is 0 Å². The SMILES string of the molecule is O=C(O)c1cc(N2CCCc3ccccc32)ccc1[N+](=O)[O-]. The molecule has 1 aliphatic heterocycles. The lowest BCUT2D eigenvalue weighted by atomic mass is 10.0. The number of aryl methyl sites for hydroxylation is 1.